The first kappa shape index (κ1) is 25.4. The van der Waals surface area contributed by atoms with Gasteiger partial charge in [-0.3, -0.25) is 14.6 Å². The second kappa shape index (κ2) is 11.8. The summed E-state index contributed by atoms with van der Waals surface area (Å²) in [5.41, 5.74) is 2.94. The number of carbonyl (C=O) groups is 2. The van der Waals surface area contributed by atoms with Gasteiger partial charge in [0.2, 0.25) is 11.8 Å². The van der Waals surface area contributed by atoms with E-state index in [0.29, 0.717) is 33.7 Å². The fourth-order valence-corrected chi connectivity index (χ4v) is 3.92. The van der Waals surface area contributed by atoms with Crippen LogP contribution < -0.4 is 10.1 Å². The summed E-state index contributed by atoms with van der Waals surface area (Å²) in [6.07, 6.45) is 4.05. The molecule has 4 aromatic rings. The van der Waals surface area contributed by atoms with Gasteiger partial charge in [-0.15, -0.1) is 0 Å². The van der Waals surface area contributed by atoms with Crippen LogP contribution >= 0.6 is 23.2 Å². The smallest absolute Gasteiger partial charge is 0.220 e. The van der Waals surface area contributed by atoms with Crippen molar-refractivity contribution in [2.75, 3.05) is 6.61 Å². The van der Waals surface area contributed by atoms with E-state index in [1.807, 2.05) is 42.5 Å². The number of pyridine rings is 1. The molecule has 0 aliphatic carbocycles. The monoisotopic (exact) mass is 522 g/mol. The lowest BCUT2D eigenvalue weighted by atomic mass is 10.0. The molecule has 2 aromatic carbocycles. The minimum atomic E-state index is -0.669. The van der Waals surface area contributed by atoms with Gasteiger partial charge >= 0.3 is 0 Å². The fraction of sp³-hybridized carbons (Fsp3) is 0.185. The number of nitrogens with one attached hydrogen (secondary N) is 1. The number of Topliss-reactive ketones (excluding diaryl/α,β-unsaturated/α-hetero) is 1. The lowest BCUT2D eigenvalue weighted by Crippen LogP contribution is -2.32. The largest absolute Gasteiger partial charge is 0.478 e. The van der Waals surface area contributed by atoms with Gasteiger partial charge in [0.15, 0.2) is 5.78 Å². The number of hydrogen-bond acceptors (Lipinski definition) is 5. The molecule has 0 bridgehead atoms. The van der Waals surface area contributed by atoms with E-state index in [0.717, 1.165) is 11.1 Å². The number of amides is 1. The van der Waals surface area contributed by atoms with Crippen LogP contribution in [0, 0.1) is 0 Å². The molecule has 4 rings (SSSR count). The van der Waals surface area contributed by atoms with Crippen molar-refractivity contribution in [1.29, 1.82) is 0 Å². The van der Waals surface area contributed by atoms with Crippen LogP contribution in [0.1, 0.15) is 31.4 Å². The van der Waals surface area contributed by atoms with Crippen LogP contribution in [0.25, 0.3) is 16.9 Å². The van der Waals surface area contributed by atoms with E-state index in [-0.39, 0.29) is 24.7 Å². The van der Waals surface area contributed by atoms with Crippen molar-refractivity contribution >= 4 is 34.9 Å². The summed E-state index contributed by atoms with van der Waals surface area (Å²) in [5, 5.41) is 8.31. The number of aromatic nitrogens is 3. The van der Waals surface area contributed by atoms with Crippen molar-refractivity contribution in [3.8, 4) is 22.8 Å². The number of carbonyl (C=O) groups excluding carboxylic acids is 2. The van der Waals surface area contributed by atoms with Crippen LogP contribution in [0.2, 0.25) is 10.0 Å². The van der Waals surface area contributed by atoms with Gasteiger partial charge < -0.3 is 10.1 Å². The van der Waals surface area contributed by atoms with Crippen molar-refractivity contribution in [3.05, 3.63) is 94.7 Å². The van der Waals surface area contributed by atoms with E-state index >= 15 is 0 Å². The molecule has 1 N–H and O–H groups in total. The molecule has 1 atom stereocenters. The Balaban J connectivity index is 1.43. The SMILES string of the molecule is CC(=O)[C@@H](NC(=O)CCCOc1cc(-c2cccnc2)nn1-c1ccc(Cl)c(Cl)c1)c1ccccc1. The predicted octanol–water partition coefficient (Wildman–Crippen LogP) is 5.85. The van der Waals surface area contributed by atoms with Crippen molar-refractivity contribution in [3.63, 3.8) is 0 Å². The van der Waals surface area contributed by atoms with Crippen molar-refractivity contribution in [1.82, 2.24) is 20.1 Å². The fourth-order valence-electron chi connectivity index (χ4n) is 3.63. The summed E-state index contributed by atoms with van der Waals surface area (Å²) >= 11 is 12.3. The third kappa shape index (κ3) is 6.30. The van der Waals surface area contributed by atoms with Crippen LogP contribution in [-0.2, 0) is 9.59 Å². The lowest BCUT2D eigenvalue weighted by Gasteiger charge is -2.16. The maximum absolute atomic E-state index is 12.5. The zero-order valence-electron chi connectivity index (χ0n) is 19.5. The van der Waals surface area contributed by atoms with E-state index in [1.54, 1.807) is 41.3 Å². The number of ether oxygens (including phenoxy) is 1. The van der Waals surface area contributed by atoms with E-state index in [9.17, 15) is 9.59 Å². The van der Waals surface area contributed by atoms with Gasteiger partial charge in [0.1, 0.15) is 6.04 Å². The molecule has 0 saturated carbocycles. The minimum Gasteiger partial charge on any atom is -0.478 e. The summed E-state index contributed by atoms with van der Waals surface area (Å²) in [6.45, 7) is 1.73. The van der Waals surface area contributed by atoms with Gasteiger partial charge in [-0.25, -0.2) is 4.68 Å². The zero-order valence-corrected chi connectivity index (χ0v) is 21.0. The highest BCUT2D eigenvalue weighted by Gasteiger charge is 2.19. The number of hydrogen-bond donors (Lipinski definition) is 1. The number of benzene rings is 2. The Kier molecular flexibility index (Phi) is 8.36. The van der Waals surface area contributed by atoms with Crippen LogP contribution in [-0.4, -0.2) is 33.1 Å². The van der Waals surface area contributed by atoms with Crippen molar-refractivity contribution in [2.45, 2.75) is 25.8 Å². The van der Waals surface area contributed by atoms with E-state index in [2.05, 4.69) is 15.4 Å². The molecular formula is C27H24Cl2N4O3. The molecule has 36 heavy (non-hydrogen) atoms. The summed E-state index contributed by atoms with van der Waals surface area (Å²) < 4.78 is 7.64. The lowest BCUT2D eigenvalue weighted by molar-refractivity contribution is -0.127. The highest BCUT2D eigenvalue weighted by Crippen LogP contribution is 2.29. The number of nitrogens with zero attached hydrogens (tertiary/aromatic N) is 3. The highest BCUT2D eigenvalue weighted by molar-refractivity contribution is 6.42. The molecule has 9 heteroatoms. The second-order valence-electron chi connectivity index (χ2n) is 8.09. The Hall–Kier alpha value is -3.68. The average Bonchev–Trinajstić information content (AvgIpc) is 3.32. The Morgan fingerprint density at radius 3 is 2.53 bits per heavy atom. The van der Waals surface area contributed by atoms with Gasteiger partial charge in [0.05, 0.1) is 28.0 Å². The Labute approximate surface area is 219 Å². The molecular weight excluding hydrogens is 499 g/mol. The summed E-state index contributed by atoms with van der Waals surface area (Å²) in [7, 11) is 0. The standard InChI is InChI=1S/C27H24Cl2N4O3/c1-18(34)27(19-7-3-2-4-8-19)31-25(35)10-6-14-36-26-16-24(20-9-5-13-30-17-20)32-33(26)21-11-12-22(28)23(29)15-21/h2-5,7-9,11-13,15-17,27H,6,10,14H2,1H3,(H,31,35)/t27-/m1/s1. The molecule has 0 unspecified atom stereocenters. The normalized spacial score (nSPS) is 11.6. The molecule has 0 aliphatic heterocycles. The molecule has 0 saturated heterocycles. The molecule has 0 radical (unpaired) electrons. The van der Waals surface area contributed by atoms with Crippen LogP contribution in [0.4, 0.5) is 0 Å². The van der Waals surface area contributed by atoms with Gasteiger partial charge in [-0.1, -0.05) is 53.5 Å². The van der Waals surface area contributed by atoms with Gasteiger partial charge in [-0.2, -0.15) is 5.10 Å². The van der Waals surface area contributed by atoms with E-state index < -0.39 is 6.04 Å². The molecule has 1 amide bonds. The summed E-state index contributed by atoms with van der Waals surface area (Å²) in [5.74, 6) is 0.134. The average molecular weight is 523 g/mol. The first-order chi connectivity index (χ1) is 17.4. The summed E-state index contributed by atoms with van der Waals surface area (Å²) in [6, 6.07) is 19.2. The van der Waals surface area contributed by atoms with Crippen LogP contribution in [0.5, 0.6) is 5.88 Å². The molecule has 0 spiro atoms. The number of rotatable bonds is 10. The molecule has 0 aliphatic rings. The van der Waals surface area contributed by atoms with Crippen molar-refractivity contribution < 1.29 is 14.3 Å². The van der Waals surface area contributed by atoms with Gasteiger partial charge in [0.25, 0.3) is 0 Å². The first-order valence-corrected chi connectivity index (χ1v) is 12.1. The van der Waals surface area contributed by atoms with E-state index in [1.165, 1.54) is 6.92 Å². The number of halogens is 2. The highest BCUT2D eigenvalue weighted by atomic mass is 35.5. The molecule has 0 fully saturated rings. The van der Waals surface area contributed by atoms with E-state index in [4.69, 9.17) is 27.9 Å². The maximum Gasteiger partial charge on any atom is 0.220 e. The molecule has 184 valence electrons. The van der Waals surface area contributed by atoms with Crippen LogP contribution in [0.3, 0.4) is 0 Å². The topological polar surface area (TPSA) is 86.1 Å². The quantitative estimate of drug-likeness (QED) is 0.264. The molecule has 2 heterocycles. The van der Waals surface area contributed by atoms with Crippen molar-refractivity contribution in [2.24, 2.45) is 0 Å². The first-order valence-electron chi connectivity index (χ1n) is 11.4. The third-order valence-electron chi connectivity index (χ3n) is 5.42. The number of ketones is 1. The predicted molar refractivity (Wildman–Crippen MR) is 140 cm³/mol. The zero-order chi connectivity index (χ0) is 25.5. The van der Waals surface area contributed by atoms with Gasteiger partial charge in [0, 0.05) is 30.4 Å². The Bertz CT molecular complexity index is 1340. The molecule has 2 aromatic heterocycles. The van der Waals surface area contributed by atoms with Crippen LogP contribution in [0.15, 0.2) is 79.1 Å². The minimum absolute atomic E-state index is 0.126. The Morgan fingerprint density at radius 2 is 1.83 bits per heavy atom. The maximum atomic E-state index is 12.5. The summed E-state index contributed by atoms with van der Waals surface area (Å²) in [4.78, 5) is 28.7. The second-order valence-corrected chi connectivity index (χ2v) is 8.91. The Morgan fingerprint density at radius 1 is 1.03 bits per heavy atom. The molecule has 7 nitrogen and oxygen atoms in total. The third-order valence-corrected chi connectivity index (χ3v) is 6.16. The van der Waals surface area contributed by atoms with Gasteiger partial charge in [-0.05, 0) is 49.2 Å².